The zero-order valence-corrected chi connectivity index (χ0v) is 12.3. The summed E-state index contributed by atoms with van der Waals surface area (Å²) in [5.74, 6) is 0.0646. The lowest BCUT2D eigenvalue weighted by molar-refractivity contribution is 0.0953. The summed E-state index contributed by atoms with van der Waals surface area (Å²) < 4.78 is 0. The molecule has 0 saturated heterocycles. The van der Waals surface area contributed by atoms with Crippen LogP contribution in [0.5, 0.6) is 0 Å². The Kier molecular flexibility index (Phi) is 4.90. The van der Waals surface area contributed by atoms with Crippen LogP contribution in [0.1, 0.15) is 16.1 Å². The second kappa shape index (κ2) is 6.85. The number of benzene rings is 1. The van der Waals surface area contributed by atoms with E-state index in [0.29, 0.717) is 17.5 Å². The summed E-state index contributed by atoms with van der Waals surface area (Å²) >= 11 is 5.97. The molecule has 2 N–H and O–H groups in total. The highest BCUT2D eigenvalue weighted by Crippen LogP contribution is 2.22. The van der Waals surface area contributed by atoms with Crippen LogP contribution in [-0.2, 0) is 0 Å². The molecule has 0 atom stereocenters. The van der Waals surface area contributed by atoms with Crippen LogP contribution in [0, 0.1) is 6.92 Å². The van der Waals surface area contributed by atoms with Crippen molar-refractivity contribution in [2.24, 2.45) is 0 Å². The van der Waals surface area contributed by atoms with Gasteiger partial charge in [0.2, 0.25) is 5.95 Å². The van der Waals surface area contributed by atoms with E-state index in [9.17, 15) is 4.79 Å². The maximum atomic E-state index is 11.8. The van der Waals surface area contributed by atoms with E-state index in [1.54, 1.807) is 18.2 Å². The van der Waals surface area contributed by atoms with Crippen LogP contribution >= 0.6 is 11.6 Å². The van der Waals surface area contributed by atoms with Crippen LogP contribution in [-0.4, -0.2) is 22.4 Å². The number of halogens is 1. The first-order valence-electron chi connectivity index (χ1n) is 6.35. The van der Waals surface area contributed by atoms with Crippen molar-refractivity contribution >= 4 is 29.1 Å². The average Bonchev–Trinajstić information content (AvgIpc) is 2.49. The summed E-state index contributed by atoms with van der Waals surface area (Å²) in [5.41, 5.74) is 2.09. The summed E-state index contributed by atoms with van der Waals surface area (Å²) in [6.07, 6.45) is 3.13. The number of hydrogen-bond acceptors (Lipinski definition) is 4. The third kappa shape index (κ3) is 4.03. The smallest absolute Gasteiger partial charge is 0.270 e. The zero-order valence-electron chi connectivity index (χ0n) is 11.6. The summed E-state index contributed by atoms with van der Waals surface area (Å²) in [5, 5.41) is 6.34. The molecule has 5 nitrogen and oxygen atoms in total. The van der Waals surface area contributed by atoms with E-state index in [-0.39, 0.29) is 11.6 Å². The molecule has 0 spiro atoms. The van der Waals surface area contributed by atoms with Gasteiger partial charge in [-0.3, -0.25) is 4.79 Å². The normalized spacial score (nSPS) is 10.0. The highest BCUT2D eigenvalue weighted by atomic mass is 35.5. The monoisotopic (exact) mass is 302 g/mol. The molecule has 1 heterocycles. The van der Waals surface area contributed by atoms with E-state index in [1.807, 2.05) is 19.1 Å². The van der Waals surface area contributed by atoms with Gasteiger partial charge in [0.15, 0.2) is 0 Å². The van der Waals surface area contributed by atoms with Crippen molar-refractivity contribution < 1.29 is 4.79 Å². The number of nitrogens with one attached hydrogen (secondary N) is 2. The molecule has 0 aliphatic rings. The van der Waals surface area contributed by atoms with Crippen molar-refractivity contribution in [2.45, 2.75) is 6.92 Å². The Morgan fingerprint density at radius 3 is 3.00 bits per heavy atom. The molecule has 2 rings (SSSR count). The maximum Gasteiger partial charge on any atom is 0.270 e. The van der Waals surface area contributed by atoms with Gasteiger partial charge in [-0.25, -0.2) is 9.97 Å². The number of amides is 1. The van der Waals surface area contributed by atoms with E-state index in [4.69, 9.17) is 11.6 Å². The molecule has 108 valence electrons. The van der Waals surface area contributed by atoms with Gasteiger partial charge in [0.1, 0.15) is 5.69 Å². The number of rotatable bonds is 5. The molecule has 0 unspecified atom stereocenters. The molecule has 21 heavy (non-hydrogen) atoms. The van der Waals surface area contributed by atoms with Crippen LogP contribution in [0.2, 0.25) is 5.02 Å². The molecule has 0 fully saturated rings. The Labute approximate surface area is 128 Å². The minimum Gasteiger partial charge on any atom is -0.347 e. The third-order valence-corrected chi connectivity index (χ3v) is 2.98. The van der Waals surface area contributed by atoms with Gasteiger partial charge < -0.3 is 10.6 Å². The summed E-state index contributed by atoms with van der Waals surface area (Å²) in [6.45, 7) is 5.88. The Hall–Kier alpha value is -2.40. The fourth-order valence-electron chi connectivity index (χ4n) is 1.65. The lowest BCUT2D eigenvalue weighted by Crippen LogP contribution is -2.24. The van der Waals surface area contributed by atoms with Crippen molar-refractivity contribution in [1.82, 2.24) is 15.3 Å². The van der Waals surface area contributed by atoms with Gasteiger partial charge in [0.25, 0.3) is 5.91 Å². The number of aryl methyl sites for hydroxylation is 1. The van der Waals surface area contributed by atoms with Crippen LogP contribution in [0.15, 0.2) is 43.1 Å². The first kappa shape index (κ1) is 15.0. The minimum atomic E-state index is -0.275. The van der Waals surface area contributed by atoms with Crippen LogP contribution in [0.4, 0.5) is 11.6 Å². The molecule has 0 bridgehead atoms. The van der Waals surface area contributed by atoms with E-state index >= 15 is 0 Å². The maximum absolute atomic E-state index is 11.8. The predicted molar refractivity (Wildman–Crippen MR) is 84.0 cm³/mol. The van der Waals surface area contributed by atoms with Gasteiger partial charge in [-0.05, 0) is 30.7 Å². The quantitative estimate of drug-likeness (QED) is 0.833. The third-order valence-electron chi connectivity index (χ3n) is 2.74. The molecule has 1 amide bonds. The largest absolute Gasteiger partial charge is 0.347 e. The average molecular weight is 303 g/mol. The van der Waals surface area contributed by atoms with Crippen molar-refractivity contribution in [3.8, 4) is 0 Å². The molecular formula is C15H15ClN4O. The number of anilines is 2. The van der Waals surface area contributed by atoms with Gasteiger partial charge in [-0.2, -0.15) is 0 Å². The Morgan fingerprint density at radius 2 is 2.24 bits per heavy atom. The van der Waals surface area contributed by atoms with E-state index in [2.05, 4.69) is 27.2 Å². The first-order chi connectivity index (χ1) is 10.1. The number of hydrogen-bond donors (Lipinski definition) is 2. The lowest BCUT2D eigenvalue weighted by Gasteiger charge is -2.09. The van der Waals surface area contributed by atoms with E-state index in [0.717, 1.165) is 11.3 Å². The molecular weight excluding hydrogens is 288 g/mol. The van der Waals surface area contributed by atoms with E-state index in [1.165, 1.54) is 6.20 Å². The van der Waals surface area contributed by atoms with Gasteiger partial charge >= 0.3 is 0 Å². The van der Waals surface area contributed by atoms with Crippen LogP contribution in [0.25, 0.3) is 0 Å². The number of carbonyl (C=O) groups excluding carboxylic acids is 1. The fraction of sp³-hybridized carbons (Fsp3) is 0.133. The highest BCUT2D eigenvalue weighted by molar-refractivity contribution is 6.30. The molecule has 1 aromatic heterocycles. The van der Waals surface area contributed by atoms with Crippen molar-refractivity contribution in [3.63, 3.8) is 0 Å². The second-order valence-electron chi connectivity index (χ2n) is 4.35. The molecule has 2 aromatic rings. The fourth-order valence-corrected chi connectivity index (χ4v) is 1.82. The van der Waals surface area contributed by atoms with Crippen LogP contribution in [0.3, 0.4) is 0 Å². The van der Waals surface area contributed by atoms with Crippen LogP contribution < -0.4 is 10.6 Å². The standard InChI is InChI=1S/C15H15ClN4O/c1-3-7-17-14(21)12-6-8-18-15(19-12)20-13-9-11(16)5-4-10(13)2/h3-6,8-9H,1,7H2,2H3,(H,17,21)(H,18,19,20). The summed E-state index contributed by atoms with van der Waals surface area (Å²) in [4.78, 5) is 20.1. The van der Waals surface area contributed by atoms with Crippen molar-refractivity contribution in [1.29, 1.82) is 0 Å². The number of nitrogens with zero attached hydrogens (tertiary/aromatic N) is 2. The van der Waals surface area contributed by atoms with Gasteiger partial charge in [-0.1, -0.05) is 23.7 Å². The topological polar surface area (TPSA) is 66.9 Å². The molecule has 6 heteroatoms. The summed E-state index contributed by atoms with van der Waals surface area (Å²) in [7, 11) is 0. The zero-order chi connectivity index (χ0) is 15.2. The summed E-state index contributed by atoms with van der Waals surface area (Å²) in [6, 6.07) is 7.03. The molecule has 1 aromatic carbocycles. The van der Waals surface area contributed by atoms with Crippen molar-refractivity contribution in [3.05, 3.63) is 59.4 Å². The lowest BCUT2D eigenvalue weighted by atomic mass is 10.2. The van der Waals surface area contributed by atoms with Crippen molar-refractivity contribution in [2.75, 3.05) is 11.9 Å². The van der Waals surface area contributed by atoms with Gasteiger partial charge in [0, 0.05) is 23.5 Å². The number of aromatic nitrogens is 2. The molecule has 0 radical (unpaired) electrons. The number of carbonyl (C=O) groups is 1. The Balaban J connectivity index is 2.19. The predicted octanol–water partition coefficient (Wildman–Crippen LogP) is 3.10. The highest BCUT2D eigenvalue weighted by Gasteiger charge is 2.08. The van der Waals surface area contributed by atoms with Gasteiger partial charge in [0.05, 0.1) is 0 Å². The Morgan fingerprint density at radius 1 is 1.43 bits per heavy atom. The molecule has 0 aliphatic carbocycles. The second-order valence-corrected chi connectivity index (χ2v) is 4.78. The SMILES string of the molecule is C=CCNC(=O)c1ccnc(Nc2cc(Cl)ccc2C)n1. The van der Waals surface area contributed by atoms with Gasteiger partial charge in [-0.15, -0.1) is 6.58 Å². The molecule has 0 saturated carbocycles. The Bertz CT molecular complexity index is 672. The minimum absolute atomic E-state index is 0.275. The first-order valence-corrected chi connectivity index (χ1v) is 6.73. The molecule has 0 aliphatic heterocycles. The van der Waals surface area contributed by atoms with E-state index < -0.39 is 0 Å².